The maximum absolute atomic E-state index is 12.9. The van der Waals surface area contributed by atoms with Gasteiger partial charge in [0.25, 0.3) is 0 Å². The minimum absolute atomic E-state index is 0.0571. The highest BCUT2D eigenvalue weighted by atomic mass is 32.2. The fraction of sp³-hybridized carbons (Fsp3) is 0.562. The number of halogens is 1. The van der Waals surface area contributed by atoms with Gasteiger partial charge in [-0.2, -0.15) is 0 Å². The zero-order valence-corrected chi connectivity index (χ0v) is 14.9. The van der Waals surface area contributed by atoms with Gasteiger partial charge in [-0.15, -0.1) is 0 Å². The molecule has 0 heterocycles. The van der Waals surface area contributed by atoms with Crippen LogP contribution < -0.4 is 5.32 Å². The highest BCUT2D eigenvalue weighted by Gasteiger charge is 2.30. The Morgan fingerprint density at radius 1 is 1.17 bits per heavy atom. The third-order valence-electron chi connectivity index (χ3n) is 3.98. The van der Waals surface area contributed by atoms with Gasteiger partial charge in [0.05, 0.1) is 4.90 Å². The Bertz CT molecular complexity index is 613. The number of likely N-dealkylation sites (N-methyl/N-ethyl adjacent to an activating group) is 1. The monoisotopic (exact) mass is 344 g/mol. The zero-order chi connectivity index (χ0) is 17.6. The molecule has 0 aliphatic rings. The molecule has 0 bridgehead atoms. The number of amides is 1. The number of nitrogens with zero attached hydrogens (tertiary/aromatic N) is 1. The third-order valence-corrected chi connectivity index (χ3v) is 6.06. The maximum atomic E-state index is 12.9. The summed E-state index contributed by atoms with van der Waals surface area (Å²) in [4.78, 5) is 14.3. The number of carbonyl (C=O) groups excluding carboxylic acids is 1. The Balaban J connectivity index is 2.74. The molecule has 0 aliphatic heterocycles. The fourth-order valence-corrected chi connectivity index (χ4v) is 3.63. The number of carbonyl (C=O) groups is 1. The summed E-state index contributed by atoms with van der Waals surface area (Å²) in [5.41, 5.74) is 0. The summed E-state index contributed by atoms with van der Waals surface area (Å²) in [5, 5.41) is 1.46. The van der Waals surface area contributed by atoms with Crippen LogP contribution in [-0.2, 0) is 14.6 Å². The molecule has 5 nitrogen and oxygen atoms in total. The van der Waals surface area contributed by atoms with E-state index in [2.05, 4.69) is 10.2 Å². The van der Waals surface area contributed by atoms with E-state index in [1.54, 1.807) is 0 Å². The normalized spacial score (nSPS) is 14.5. The Labute approximate surface area is 137 Å². The average molecular weight is 344 g/mol. The fourth-order valence-electron chi connectivity index (χ4n) is 2.34. The Morgan fingerprint density at radius 2 is 1.70 bits per heavy atom. The van der Waals surface area contributed by atoms with Crippen LogP contribution in [0, 0.1) is 5.82 Å². The lowest BCUT2D eigenvalue weighted by molar-refractivity contribution is -0.120. The standard InChI is InChI=1S/C16H25FN2O3S/c1-5-19(6-2)12(3)11-18-16(20)13(4)23(21,22)15-9-7-14(17)8-10-15/h7-10,12-13H,5-6,11H2,1-4H3,(H,18,20)/t12-,13+/m1/s1. The molecule has 1 rings (SSSR count). The minimum atomic E-state index is -3.83. The number of hydrogen-bond donors (Lipinski definition) is 1. The van der Waals surface area contributed by atoms with E-state index in [1.807, 2.05) is 20.8 Å². The van der Waals surface area contributed by atoms with E-state index in [0.717, 1.165) is 25.2 Å². The van der Waals surface area contributed by atoms with E-state index >= 15 is 0 Å². The number of nitrogens with one attached hydrogen (secondary N) is 1. The van der Waals surface area contributed by atoms with E-state index in [4.69, 9.17) is 0 Å². The van der Waals surface area contributed by atoms with Crippen LogP contribution in [0.25, 0.3) is 0 Å². The van der Waals surface area contributed by atoms with E-state index in [0.29, 0.717) is 6.54 Å². The topological polar surface area (TPSA) is 66.5 Å². The van der Waals surface area contributed by atoms with E-state index in [-0.39, 0.29) is 10.9 Å². The van der Waals surface area contributed by atoms with Gasteiger partial charge in [-0.05, 0) is 51.2 Å². The Kier molecular flexibility index (Phi) is 7.15. The summed E-state index contributed by atoms with van der Waals surface area (Å²) in [6.07, 6.45) is 0. The molecule has 1 aromatic carbocycles. The quantitative estimate of drug-likeness (QED) is 0.731. The van der Waals surface area contributed by atoms with Crippen molar-refractivity contribution in [2.75, 3.05) is 19.6 Å². The van der Waals surface area contributed by atoms with E-state index in [9.17, 15) is 17.6 Å². The van der Waals surface area contributed by atoms with Gasteiger partial charge in [-0.3, -0.25) is 9.69 Å². The average Bonchev–Trinajstić information content (AvgIpc) is 2.53. The van der Waals surface area contributed by atoms with Gasteiger partial charge in [-0.1, -0.05) is 13.8 Å². The largest absolute Gasteiger partial charge is 0.353 e. The predicted octanol–water partition coefficient (Wildman–Crippen LogP) is 1.83. The molecule has 0 radical (unpaired) electrons. The molecule has 23 heavy (non-hydrogen) atoms. The van der Waals surface area contributed by atoms with Crippen LogP contribution in [0.1, 0.15) is 27.7 Å². The minimum Gasteiger partial charge on any atom is -0.353 e. The van der Waals surface area contributed by atoms with Crippen molar-refractivity contribution in [1.29, 1.82) is 0 Å². The first-order valence-corrected chi connectivity index (χ1v) is 9.29. The molecule has 1 aromatic rings. The molecular formula is C16H25FN2O3S. The van der Waals surface area contributed by atoms with Gasteiger partial charge in [0.15, 0.2) is 9.84 Å². The molecular weight excluding hydrogens is 319 g/mol. The van der Waals surface area contributed by atoms with Crippen LogP contribution in [0.3, 0.4) is 0 Å². The van der Waals surface area contributed by atoms with Crippen LogP contribution in [0.15, 0.2) is 29.2 Å². The smallest absolute Gasteiger partial charge is 0.238 e. The molecule has 130 valence electrons. The number of hydrogen-bond acceptors (Lipinski definition) is 4. The second kappa shape index (κ2) is 8.40. The maximum Gasteiger partial charge on any atom is 0.238 e. The molecule has 1 amide bonds. The van der Waals surface area contributed by atoms with Gasteiger partial charge in [0.2, 0.25) is 5.91 Å². The van der Waals surface area contributed by atoms with Gasteiger partial charge < -0.3 is 5.32 Å². The summed E-state index contributed by atoms with van der Waals surface area (Å²) >= 11 is 0. The molecule has 0 aliphatic carbocycles. The molecule has 7 heteroatoms. The second-order valence-electron chi connectivity index (χ2n) is 5.46. The molecule has 0 saturated carbocycles. The lowest BCUT2D eigenvalue weighted by atomic mass is 10.2. The first kappa shape index (κ1) is 19.6. The number of rotatable bonds is 8. The first-order valence-electron chi connectivity index (χ1n) is 7.75. The summed E-state index contributed by atoms with van der Waals surface area (Å²) in [6.45, 7) is 9.48. The van der Waals surface area contributed by atoms with Gasteiger partial charge in [0, 0.05) is 12.6 Å². The predicted molar refractivity (Wildman–Crippen MR) is 88.4 cm³/mol. The molecule has 0 saturated heterocycles. The molecule has 2 atom stereocenters. The number of sulfone groups is 1. The van der Waals surface area contributed by atoms with Crippen molar-refractivity contribution in [2.24, 2.45) is 0 Å². The molecule has 1 N–H and O–H groups in total. The second-order valence-corrected chi connectivity index (χ2v) is 7.73. The van der Waals surface area contributed by atoms with Crippen molar-refractivity contribution in [2.45, 2.75) is 43.9 Å². The molecule has 0 aromatic heterocycles. The van der Waals surface area contributed by atoms with Gasteiger partial charge in [0.1, 0.15) is 11.1 Å². The summed E-state index contributed by atoms with van der Waals surface area (Å²) in [5.74, 6) is -1.07. The van der Waals surface area contributed by atoms with Crippen LogP contribution >= 0.6 is 0 Å². The molecule has 0 spiro atoms. The Morgan fingerprint density at radius 3 is 2.17 bits per heavy atom. The first-order chi connectivity index (χ1) is 10.7. The van der Waals surface area contributed by atoms with Crippen molar-refractivity contribution in [3.63, 3.8) is 0 Å². The highest BCUT2D eigenvalue weighted by molar-refractivity contribution is 7.92. The van der Waals surface area contributed by atoms with Crippen LogP contribution in [0.4, 0.5) is 4.39 Å². The third kappa shape index (κ3) is 5.00. The lowest BCUT2D eigenvalue weighted by Crippen LogP contribution is -2.45. The van der Waals surface area contributed by atoms with Crippen LogP contribution in [0.2, 0.25) is 0 Å². The lowest BCUT2D eigenvalue weighted by Gasteiger charge is -2.26. The van der Waals surface area contributed by atoms with Crippen molar-refractivity contribution in [3.05, 3.63) is 30.1 Å². The number of benzene rings is 1. The van der Waals surface area contributed by atoms with Gasteiger partial charge >= 0.3 is 0 Å². The molecule has 0 unspecified atom stereocenters. The summed E-state index contributed by atoms with van der Waals surface area (Å²) in [6, 6.07) is 4.61. The SMILES string of the molecule is CCN(CC)[C@H](C)CNC(=O)[C@H](C)S(=O)(=O)c1ccc(F)cc1. The van der Waals surface area contributed by atoms with Crippen LogP contribution in [-0.4, -0.2) is 50.2 Å². The summed E-state index contributed by atoms with van der Waals surface area (Å²) < 4.78 is 37.7. The molecule has 0 fully saturated rings. The van der Waals surface area contributed by atoms with E-state index < -0.39 is 26.8 Å². The van der Waals surface area contributed by atoms with Crippen molar-refractivity contribution >= 4 is 15.7 Å². The highest BCUT2D eigenvalue weighted by Crippen LogP contribution is 2.16. The summed E-state index contributed by atoms with van der Waals surface area (Å²) in [7, 11) is -3.83. The van der Waals surface area contributed by atoms with Crippen molar-refractivity contribution in [3.8, 4) is 0 Å². The Hall–Kier alpha value is -1.47. The van der Waals surface area contributed by atoms with Crippen molar-refractivity contribution < 1.29 is 17.6 Å². The van der Waals surface area contributed by atoms with Gasteiger partial charge in [-0.25, -0.2) is 12.8 Å². The van der Waals surface area contributed by atoms with E-state index in [1.165, 1.54) is 19.1 Å². The van der Waals surface area contributed by atoms with Crippen LogP contribution in [0.5, 0.6) is 0 Å². The zero-order valence-electron chi connectivity index (χ0n) is 14.0. The van der Waals surface area contributed by atoms with Crippen molar-refractivity contribution in [1.82, 2.24) is 10.2 Å².